The van der Waals surface area contributed by atoms with Gasteiger partial charge in [0.15, 0.2) is 0 Å². The molecule has 140 valence electrons. The highest BCUT2D eigenvalue weighted by Gasteiger charge is 2.41. The van der Waals surface area contributed by atoms with Crippen LogP contribution in [0, 0.1) is 11.7 Å². The summed E-state index contributed by atoms with van der Waals surface area (Å²) in [6.45, 7) is 0.724. The Bertz CT molecular complexity index is 908. The van der Waals surface area contributed by atoms with Crippen molar-refractivity contribution in [2.45, 2.75) is 43.7 Å². The predicted molar refractivity (Wildman–Crippen MR) is 99.6 cm³/mol. The molecule has 0 amide bonds. The molecule has 4 nitrogen and oxygen atoms in total. The van der Waals surface area contributed by atoms with E-state index in [4.69, 9.17) is 9.84 Å². The number of carboxylic acids is 1. The second-order valence-electron chi connectivity index (χ2n) is 7.88. The zero-order valence-corrected chi connectivity index (χ0v) is 15.0. The second kappa shape index (κ2) is 6.34. The van der Waals surface area contributed by atoms with E-state index in [0.717, 1.165) is 31.2 Å². The zero-order chi connectivity index (χ0) is 18.5. The molecule has 5 rings (SSSR count). The van der Waals surface area contributed by atoms with Gasteiger partial charge >= 0.3 is 5.97 Å². The summed E-state index contributed by atoms with van der Waals surface area (Å²) in [5.74, 6) is -0.786. The van der Waals surface area contributed by atoms with Crippen molar-refractivity contribution in [3.05, 3.63) is 64.5 Å². The first-order valence-corrected chi connectivity index (χ1v) is 9.66. The van der Waals surface area contributed by atoms with E-state index < -0.39 is 11.8 Å². The van der Waals surface area contributed by atoms with Crippen LogP contribution in [0.2, 0.25) is 0 Å². The van der Waals surface area contributed by atoms with Gasteiger partial charge in [0.2, 0.25) is 0 Å². The van der Waals surface area contributed by atoms with Gasteiger partial charge in [0.05, 0.1) is 17.7 Å². The summed E-state index contributed by atoms with van der Waals surface area (Å²) in [5, 5.41) is 12.6. The minimum Gasteiger partial charge on any atom is -0.478 e. The van der Waals surface area contributed by atoms with Gasteiger partial charge < -0.3 is 15.2 Å². The average Bonchev–Trinajstić information content (AvgIpc) is 3.52. The number of carboxylic acid groups (broad SMARTS) is 1. The lowest BCUT2D eigenvalue weighted by atomic mass is 9.77. The number of anilines is 1. The minimum absolute atomic E-state index is 0.0296. The lowest BCUT2D eigenvalue weighted by Gasteiger charge is -2.43. The van der Waals surface area contributed by atoms with E-state index >= 15 is 0 Å². The molecule has 1 aliphatic carbocycles. The van der Waals surface area contributed by atoms with Crippen molar-refractivity contribution in [3.63, 3.8) is 0 Å². The van der Waals surface area contributed by atoms with Gasteiger partial charge in [-0.25, -0.2) is 9.18 Å². The monoisotopic (exact) mass is 367 g/mol. The lowest BCUT2D eigenvalue weighted by Crippen LogP contribution is -2.36. The van der Waals surface area contributed by atoms with E-state index in [-0.39, 0.29) is 23.6 Å². The van der Waals surface area contributed by atoms with Crippen LogP contribution in [0.3, 0.4) is 0 Å². The van der Waals surface area contributed by atoms with Crippen LogP contribution in [0.15, 0.2) is 36.4 Å². The van der Waals surface area contributed by atoms with E-state index in [2.05, 4.69) is 23.5 Å². The van der Waals surface area contributed by atoms with Gasteiger partial charge in [0, 0.05) is 29.3 Å². The summed E-state index contributed by atoms with van der Waals surface area (Å²) >= 11 is 0. The van der Waals surface area contributed by atoms with Crippen molar-refractivity contribution in [3.8, 4) is 0 Å². The Morgan fingerprint density at radius 1 is 1.11 bits per heavy atom. The number of carbonyl (C=O) groups is 1. The molecule has 1 saturated heterocycles. The number of aromatic carboxylic acids is 1. The maximum Gasteiger partial charge on any atom is 0.335 e. The highest BCUT2D eigenvalue weighted by molar-refractivity contribution is 5.87. The Balaban J connectivity index is 1.55. The molecule has 0 spiro atoms. The van der Waals surface area contributed by atoms with Crippen LogP contribution in [0.25, 0.3) is 0 Å². The summed E-state index contributed by atoms with van der Waals surface area (Å²) in [6, 6.07) is 10.5. The van der Waals surface area contributed by atoms with Crippen molar-refractivity contribution in [2.75, 3.05) is 11.9 Å². The fourth-order valence-corrected chi connectivity index (χ4v) is 4.58. The minimum atomic E-state index is -1.12. The van der Waals surface area contributed by atoms with E-state index in [1.165, 1.54) is 30.0 Å². The molecule has 5 heteroatoms. The number of rotatable bonds is 3. The Labute approximate surface area is 157 Å². The molecule has 27 heavy (non-hydrogen) atoms. The largest absolute Gasteiger partial charge is 0.478 e. The van der Waals surface area contributed by atoms with Crippen molar-refractivity contribution in [1.82, 2.24) is 0 Å². The standard InChI is InChI=1S/C22H22FNO3/c23-18-11-14(22(25)26)5-7-15(18)20-16-2-1-9-27-21(16)17-10-13(12-3-4-12)6-8-19(17)24-20/h5-8,10-12,16,20-21,24H,1-4,9H2,(H,25,26)/t16-,20-,21-/m1/s1. The van der Waals surface area contributed by atoms with Crippen molar-refractivity contribution >= 4 is 11.7 Å². The van der Waals surface area contributed by atoms with Gasteiger partial charge in [-0.15, -0.1) is 0 Å². The quantitative estimate of drug-likeness (QED) is 0.798. The van der Waals surface area contributed by atoms with Crippen LogP contribution in [0.1, 0.15) is 70.8 Å². The summed E-state index contributed by atoms with van der Waals surface area (Å²) in [5.41, 5.74) is 4.03. The molecule has 0 aromatic heterocycles. The first-order valence-electron chi connectivity index (χ1n) is 9.66. The number of hydrogen-bond donors (Lipinski definition) is 2. The highest BCUT2D eigenvalue weighted by Crippen LogP contribution is 2.51. The molecule has 3 aliphatic rings. The van der Waals surface area contributed by atoms with Crippen LogP contribution in [-0.2, 0) is 4.74 Å². The molecule has 2 heterocycles. The average molecular weight is 367 g/mol. The fourth-order valence-electron chi connectivity index (χ4n) is 4.58. The van der Waals surface area contributed by atoms with Gasteiger partial charge in [-0.3, -0.25) is 0 Å². The molecule has 2 aliphatic heterocycles. The van der Waals surface area contributed by atoms with Crippen molar-refractivity contribution in [2.24, 2.45) is 5.92 Å². The number of benzene rings is 2. The Morgan fingerprint density at radius 3 is 2.70 bits per heavy atom. The summed E-state index contributed by atoms with van der Waals surface area (Å²) < 4.78 is 20.9. The molecule has 3 atom stereocenters. The molecular weight excluding hydrogens is 345 g/mol. The van der Waals surface area contributed by atoms with Crippen LogP contribution >= 0.6 is 0 Å². The van der Waals surface area contributed by atoms with Crippen LogP contribution in [-0.4, -0.2) is 17.7 Å². The molecular formula is C22H22FNO3. The van der Waals surface area contributed by atoms with Gasteiger partial charge in [0.1, 0.15) is 5.82 Å². The number of hydrogen-bond acceptors (Lipinski definition) is 3. The molecule has 2 N–H and O–H groups in total. The number of fused-ring (bicyclic) bond motifs is 3. The third-order valence-electron chi connectivity index (χ3n) is 6.12. The molecule has 0 radical (unpaired) electrons. The lowest BCUT2D eigenvalue weighted by molar-refractivity contribution is -0.0384. The van der Waals surface area contributed by atoms with Crippen molar-refractivity contribution in [1.29, 1.82) is 0 Å². The normalized spacial score (nSPS) is 26.6. The summed E-state index contributed by atoms with van der Waals surface area (Å²) in [6.07, 6.45) is 4.37. The first-order chi connectivity index (χ1) is 13.1. The summed E-state index contributed by atoms with van der Waals surface area (Å²) in [7, 11) is 0. The van der Waals surface area contributed by atoms with Crippen LogP contribution in [0.5, 0.6) is 0 Å². The van der Waals surface area contributed by atoms with E-state index in [1.807, 2.05) is 0 Å². The molecule has 2 aromatic rings. The van der Waals surface area contributed by atoms with Gasteiger partial charge in [-0.2, -0.15) is 0 Å². The first kappa shape index (κ1) is 16.8. The summed E-state index contributed by atoms with van der Waals surface area (Å²) in [4.78, 5) is 11.1. The number of ether oxygens (including phenoxy) is 1. The number of nitrogens with one attached hydrogen (secondary N) is 1. The van der Waals surface area contributed by atoms with Crippen molar-refractivity contribution < 1.29 is 19.0 Å². The Kier molecular flexibility index (Phi) is 3.93. The molecule has 2 fully saturated rings. The maximum atomic E-state index is 14.8. The van der Waals surface area contributed by atoms with Gasteiger partial charge in [-0.1, -0.05) is 18.2 Å². The zero-order valence-electron chi connectivity index (χ0n) is 15.0. The molecule has 0 bridgehead atoms. The Morgan fingerprint density at radius 2 is 1.96 bits per heavy atom. The van der Waals surface area contributed by atoms with Gasteiger partial charge in [0.25, 0.3) is 0 Å². The van der Waals surface area contributed by atoms with E-state index in [9.17, 15) is 9.18 Å². The van der Waals surface area contributed by atoms with E-state index in [0.29, 0.717) is 11.5 Å². The Hall–Kier alpha value is -2.40. The highest BCUT2D eigenvalue weighted by atomic mass is 19.1. The topological polar surface area (TPSA) is 58.6 Å². The predicted octanol–water partition coefficient (Wildman–Crippen LogP) is 5.04. The second-order valence-corrected chi connectivity index (χ2v) is 7.88. The smallest absolute Gasteiger partial charge is 0.335 e. The molecule has 2 aromatic carbocycles. The van der Waals surface area contributed by atoms with E-state index in [1.54, 1.807) is 6.07 Å². The van der Waals surface area contributed by atoms with Crippen LogP contribution < -0.4 is 5.32 Å². The van der Waals surface area contributed by atoms with Gasteiger partial charge in [-0.05, 0) is 55.4 Å². The fraction of sp³-hybridized carbons (Fsp3) is 0.409. The maximum absolute atomic E-state index is 14.8. The third kappa shape index (κ3) is 2.90. The SMILES string of the molecule is O=C(O)c1ccc([C@H]2Nc3ccc(C4CC4)cc3[C@@H]3OCCC[C@H]23)c(F)c1. The molecule has 0 unspecified atom stereocenters. The van der Waals surface area contributed by atoms with Crippen LogP contribution in [0.4, 0.5) is 10.1 Å². The molecule has 1 saturated carbocycles. The number of halogens is 1. The third-order valence-corrected chi connectivity index (χ3v) is 6.12.